The monoisotopic (exact) mass is 397 g/mol. The molecule has 12 heteroatoms. The van der Waals surface area contributed by atoms with Crippen molar-refractivity contribution in [2.75, 3.05) is 19.8 Å². The van der Waals surface area contributed by atoms with Gasteiger partial charge in [-0.2, -0.15) is 0 Å². The summed E-state index contributed by atoms with van der Waals surface area (Å²) in [4.78, 5) is 11.6. The average Bonchev–Trinajstić information content (AvgIpc) is 2.68. The standard InChI is InChI=1S/C15H31N3O9/c1-2-9(23)18-11-8(5-20)26-15(13(25)12(11)24)27-14(6(21)3-16)10(17)7(22)4-19/h6-8,10-15,19-22,24-25H,2-5,16-17H2,1H3,(H,18,23)/t6-,7+,8-,10+,11+,12-,13+,14+,15+/m0/s1. The molecule has 0 aliphatic carbocycles. The van der Waals surface area contributed by atoms with Gasteiger partial charge in [-0.05, 0) is 0 Å². The predicted molar refractivity (Wildman–Crippen MR) is 91.0 cm³/mol. The van der Waals surface area contributed by atoms with E-state index < -0.39 is 74.1 Å². The minimum atomic E-state index is -1.67. The second kappa shape index (κ2) is 11.2. The first kappa shape index (κ1) is 24.1. The van der Waals surface area contributed by atoms with Crippen LogP contribution in [0.4, 0.5) is 0 Å². The minimum absolute atomic E-state index is 0.121. The molecule has 1 saturated heterocycles. The second-order valence-electron chi connectivity index (χ2n) is 6.38. The van der Waals surface area contributed by atoms with Crippen molar-refractivity contribution in [3.63, 3.8) is 0 Å². The smallest absolute Gasteiger partial charge is 0.220 e. The van der Waals surface area contributed by atoms with Gasteiger partial charge in [0.2, 0.25) is 5.91 Å². The van der Waals surface area contributed by atoms with Gasteiger partial charge >= 0.3 is 0 Å². The second-order valence-corrected chi connectivity index (χ2v) is 6.38. The van der Waals surface area contributed by atoms with Crippen molar-refractivity contribution in [2.24, 2.45) is 11.5 Å². The quantitative estimate of drug-likeness (QED) is 0.169. The van der Waals surface area contributed by atoms with Crippen LogP contribution in [0.2, 0.25) is 0 Å². The molecular formula is C15H31N3O9. The molecule has 9 atom stereocenters. The Labute approximate surface area is 156 Å². The van der Waals surface area contributed by atoms with Gasteiger partial charge in [0.1, 0.15) is 24.4 Å². The zero-order valence-electron chi connectivity index (χ0n) is 15.1. The lowest BCUT2D eigenvalue weighted by Gasteiger charge is -2.44. The van der Waals surface area contributed by atoms with Crippen molar-refractivity contribution >= 4 is 5.91 Å². The number of nitrogens with one attached hydrogen (secondary N) is 1. The zero-order valence-corrected chi connectivity index (χ0v) is 15.1. The van der Waals surface area contributed by atoms with E-state index in [2.05, 4.69) is 5.32 Å². The summed E-state index contributed by atoms with van der Waals surface area (Å²) in [5.74, 6) is -0.419. The number of aliphatic hydroxyl groups is 6. The predicted octanol–water partition coefficient (Wildman–Crippen LogP) is -5.29. The van der Waals surface area contributed by atoms with E-state index >= 15 is 0 Å². The maximum Gasteiger partial charge on any atom is 0.220 e. The van der Waals surface area contributed by atoms with E-state index in [0.29, 0.717) is 0 Å². The van der Waals surface area contributed by atoms with Gasteiger partial charge in [0.05, 0.1) is 37.5 Å². The van der Waals surface area contributed by atoms with Gasteiger partial charge < -0.3 is 56.9 Å². The maximum absolute atomic E-state index is 11.6. The molecule has 0 aromatic rings. The molecule has 0 bridgehead atoms. The summed E-state index contributed by atoms with van der Waals surface area (Å²) in [7, 11) is 0. The van der Waals surface area contributed by atoms with Crippen molar-refractivity contribution < 1.29 is 44.9 Å². The van der Waals surface area contributed by atoms with Gasteiger partial charge in [0.25, 0.3) is 0 Å². The van der Waals surface area contributed by atoms with Gasteiger partial charge in [0, 0.05) is 13.0 Å². The Kier molecular flexibility index (Phi) is 9.97. The molecule has 0 saturated carbocycles. The fourth-order valence-corrected chi connectivity index (χ4v) is 2.73. The highest BCUT2D eigenvalue weighted by molar-refractivity contribution is 5.76. The molecule has 27 heavy (non-hydrogen) atoms. The topological polar surface area (TPSA) is 221 Å². The van der Waals surface area contributed by atoms with Crippen LogP contribution in [0, 0.1) is 0 Å². The number of carbonyl (C=O) groups excluding carboxylic acids is 1. The van der Waals surface area contributed by atoms with Crippen LogP contribution in [0.15, 0.2) is 0 Å². The molecule has 0 radical (unpaired) electrons. The van der Waals surface area contributed by atoms with Crippen LogP contribution in [0.25, 0.3) is 0 Å². The summed E-state index contributed by atoms with van der Waals surface area (Å²) in [6, 6.07) is -2.38. The maximum atomic E-state index is 11.6. The Morgan fingerprint density at radius 2 is 1.85 bits per heavy atom. The van der Waals surface area contributed by atoms with Crippen LogP contribution >= 0.6 is 0 Å². The molecule has 0 unspecified atom stereocenters. The van der Waals surface area contributed by atoms with Crippen molar-refractivity contribution in [3.8, 4) is 0 Å². The van der Waals surface area contributed by atoms with Crippen molar-refractivity contribution in [2.45, 2.75) is 68.3 Å². The molecule has 0 aromatic carbocycles. The summed E-state index contributed by atoms with van der Waals surface area (Å²) in [6.07, 6.45) is -9.94. The molecule has 0 aromatic heterocycles. The highest BCUT2D eigenvalue weighted by atomic mass is 16.7. The summed E-state index contributed by atoms with van der Waals surface area (Å²) in [5, 5.41) is 61.3. The number of nitrogens with two attached hydrogens (primary N) is 2. The Hall–Kier alpha value is -0.930. The van der Waals surface area contributed by atoms with E-state index in [0.717, 1.165) is 0 Å². The fourth-order valence-electron chi connectivity index (χ4n) is 2.73. The van der Waals surface area contributed by atoms with Gasteiger partial charge in [-0.15, -0.1) is 0 Å². The third-order valence-corrected chi connectivity index (χ3v) is 4.46. The normalized spacial score (nSPS) is 33.1. The van der Waals surface area contributed by atoms with Crippen LogP contribution in [-0.4, -0.2) is 111 Å². The number of hydrogen-bond acceptors (Lipinski definition) is 11. The molecule has 12 nitrogen and oxygen atoms in total. The molecule has 1 amide bonds. The van der Waals surface area contributed by atoms with E-state index in [1.54, 1.807) is 6.92 Å². The average molecular weight is 397 g/mol. The molecule has 11 N–H and O–H groups in total. The Morgan fingerprint density at radius 3 is 2.33 bits per heavy atom. The van der Waals surface area contributed by atoms with E-state index in [1.165, 1.54) is 0 Å². The summed E-state index contributed by atoms with van der Waals surface area (Å²) in [5.41, 5.74) is 11.2. The number of aliphatic hydroxyl groups excluding tert-OH is 6. The van der Waals surface area contributed by atoms with Crippen molar-refractivity contribution in [1.29, 1.82) is 0 Å². The molecule has 1 rings (SSSR count). The third-order valence-electron chi connectivity index (χ3n) is 4.46. The fraction of sp³-hybridized carbons (Fsp3) is 0.933. The van der Waals surface area contributed by atoms with Gasteiger partial charge in [-0.25, -0.2) is 0 Å². The molecule has 1 aliphatic heterocycles. The van der Waals surface area contributed by atoms with E-state index in [-0.39, 0.29) is 13.0 Å². The summed E-state index contributed by atoms with van der Waals surface area (Å²) in [6.45, 7) is -0.0258. The van der Waals surface area contributed by atoms with Gasteiger partial charge in [0.15, 0.2) is 6.29 Å². The highest BCUT2D eigenvalue weighted by Crippen LogP contribution is 2.24. The molecule has 160 valence electrons. The number of rotatable bonds is 10. The largest absolute Gasteiger partial charge is 0.394 e. The summed E-state index contributed by atoms with van der Waals surface area (Å²) < 4.78 is 10.9. The Morgan fingerprint density at radius 1 is 1.22 bits per heavy atom. The van der Waals surface area contributed by atoms with E-state index in [1.807, 2.05) is 0 Å². The van der Waals surface area contributed by atoms with E-state index in [4.69, 9.17) is 26.0 Å². The third kappa shape index (κ3) is 6.02. The molecular weight excluding hydrogens is 366 g/mol. The Bertz CT molecular complexity index is 456. The number of amides is 1. The van der Waals surface area contributed by atoms with Crippen molar-refractivity contribution in [3.05, 3.63) is 0 Å². The number of carbonyl (C=O) groups is 1. The SMILES string of the molecule is CCC(=O)N[C@H]1[C@H](O)[C@@H](O)[C@@H](O[C@@H]([C@H](N)[C@H](O)CO)[C@@H](O)CN)O[C@H]1CO. The van der Waals surface area contributed by atoms with Gasteiger partial charge in [-0.3, -0.25) is 4.79 Å². The minimum Gasteiger partial charge on any atom is -0.394 e. The lowest BCUT2D eigenvalue weighted by molar-refractivity contribution is -0.302. The van der Waals surface area contributed by atoms with Crippen LogP contribution in [-0.2, 0) is 14.3 Å². The first-order chi connectivity index (χ1) is 12.7. The van der Waals surface area contributed by atoms with E-state index in [9.17, 15) is 30.3 Å². The van der Waals surface area contributed by atoms with Crippen LogP contribution in [0.1, 0.15) is 13.3 Å². The number of ether oxygens (including phenoxy) is 2. The summed E-state index contributed by atoms with van der Waals surface area (Å²) >= 11 is 0. The highest BCUT2D eigenvalue weighted by Gasteiger charge is 2.47. The molecule has 0 spiro atoms. The lowest BCUT2D eigenvalue weighted by Crippen LogP contribution is -2.66. The lowest BCUT2D eigenvalue weighted by atomic mass is 9.95. The first-order valence-electron chi connectivity index (χ1n) is 8.71. The van der Waals surface area contributed by atoms with Crippen LogP contribution in [0.5, 0.6) is 0 Å². The van der Waals surface area contributed by atoms with Gasteiger partial charge in [-0.1, -0.05) is 6.92 Å². The Balaban J connectivity index is 2.96. The number of hydrogen-bond donors (Lipinski definition) is 9. The molecule has 1 heterocycles. The molecule has 1 fully saturated rings. The first-order valence-corrected chi connectivity index (χ1v) is 8.71. The zero-order chi connectivity index (χ0) is 20.7. The van der Waals surface area contributed by atoms with Crippen LogP contribution < -0.4 is 16.8 Å². The molecule has 1 aliphatic rings. The van der Waals surface area contributed by atoms with Crippen LogP contribution in [0.3, 0.4) is 0 Å². The van der Waals surface area contributed by atoms with Crippen molar-refractivity contribution in [1.82, 2.24) is 5.32 Å².